The molecule has 4 rings (SSSR count). The van der Waals surface area contributed by atoms with Gasteiger partial charge in [0, 0.05) is 57.1 Å². The normalized spacial score (nSPS) is 20.5. The summed E-state index contributed by atoms with van der Waals surface area (Å²) in [6.45, 7) is 14.4. The molecule has 2 heterocycles. The third kappa shape index (κ3) is 9.84. The summed E-state index contributed by atoms with van der Waals surface area (Å²) in [5.74, 6) is -0.438. The van der Waals surface area contributed by atoms with Crippen molar-refractivity contribution in [2.45, 2.75) is 103 Å². The van der Waals surface area contributed by atoms with Gasteiger partial charge in [-0.2, -0.15) is 5.26 Å². The Morgan fingerprint density at radius 2 is 1.88 bits per heavy atom. The lowest BCUT2D eigenvalue weighted by atomic mass is 9.99. The van der Waals surface area contributed by atoms with E-state index in [9.17, 15) is 20.3 Å². The average molecular weight is 663 g/mol. The van der Waals surface area contributed by atoms with Gasteiger partial charge in [0.2, 0.25) is 0 Å². The molecule has 0 saturated carbocycles. The van der Waals surface area contributed by atoms with Gasteiger partial charge in [-0.15, -0.1) is 5.10 Å². The van der Waals surface area contributed by atoms with Crippen molar-refractivity contribution in [2.24, 2.45) is 0 Å². The minimum absolute atomic E-state index is 0.0323. The maximum absolute atomic E-state index is 13.2. The lowest BCUT2D eigenvalue weighted by Crippen LogP contribution is -2.50. The van der Waals surface area contributed by atoms with Gasteiger partial charge >= 0.3 is 0 Å². The number of nitrogens with zero attached hydrogens (tertiary/aromatic N) is 5. The highest BCUT2D eigenvalue weighted by atomic mass is 16.7. The highest BCUT2D eigenvalue weighted by Gasteiger charge is 2.37. The van der Waals surface area contributed by atoms with Crippen LogP contribution in [0.3, 0.4) is 0 Å². The number of amides is 1. The highest BCUT2D eigenvalue weighted by Crippen LogP contribution is 2.25. The predicted octanol–water partition coefficient (Wildman–Crippen LogP) is 3.99. The summed E-state index contributed by atoms with van der Waals surface area (Å²) < 4.78 is 18.7. The zero-order valence-corrected chi connectivity index (χ0v) is 29.1. The maximum Gasteiger partial charge on any atom is 0.262 e. The minimum Gasteiger partial charge on any atom is -0.390 e. The Labute approximate surface area is 283 Å². The zero-order valence-electron chi connectivity index (χ0n) is 29.1. The van der Waals surface area contributed by atoms with Gasteiger partial charge < -0.3 is 34.6 Å². The third-order valence-electron chi connectivity index (χ3n) is 8.68. The van der Waals surface area contributed by atoms with E-state index in [1.807, 2.05) is 45.9 Å². The van der Waals surface area contributed by atoms with Crippen LogP contribution in [0.4, 0.5) is 5.69 Å². The number of nitrogens with one attached hydrogen (secondary N) is 1. The van der Waals surface area contributed by atoms with E-state index >= 15 is 0 Å². The molecule has 48 heavy (non-hydrogen) atoms. The molecule has 0 radical (unpaired) electrons. The largest absolute Gasteiger partial charge is 0.390 e. The first-order valence-electron chi connectivity index (χ1n) is 16.6. The van der Waals surface area contributed by atoms with Crippen molar-refractivity contribution in [1.29, 1.82) is 5.26 Å². The third-order valence-corrected chi connectivity index (χ3v) is 8.68. The number of carbonyl (C=O) groups excluding carboxylic acids is 1. The summed E-state index contributed by atoms with van der Waals surface area (Å²) in [5.41, 5.74) is 1.46. The molecule has 2 unspecified atom stereocenters. The Morgan fingerprint density at radius 3 is 2.56 bits per heavy atom. The van der Waals surface area contributed by atoms with Crippen LogP contribution >= 0.6 is 0 Å². The summed E-state index contributed by atoms with van der Waals surface area (Å²) >= 11 is 0. The molecule has 3 N–H and O–H groups in total. The number of anilines is 1. The molecule has 0 bridgehead atoms. The van der Waals surface area contributed by atoms with Crippen molar-refractivity contribution in [2.75, 3.05) is 31.7 Å². The SMILES string of the molecule is CCN(CC)c1ccc2cc(/C=C(\C#N)C(=O)NC(C)(C)CCOC(C)(C)Cc3cn(CC4O[C@H](OC)CC(O)[C@@H]4O)nn3)ccc2c1. The first-order valence-corrected chi connectivity index (χ1v) is 16.6. The van der Waals surface area contributed by atoms with E-state index in [1.54, 1.807) is 17.0 Å². The van der Waals surface area contributed by atoms with E-state index in [2.05, 4.69) is 58.6 Å². The van der Waals surface area contributed by atoms with Gasteiger partial charge in [0.05, 0.1) is 23.9 Å². The predicted molar refractivity (Wildman–Crippen MR) is 184 cm³/mol. The maximum atomic E-state index is 13.2. The number of benzene rings is 2. The monoisotopic (exact) mass is 662 g/mol. The molecule has 12 nitrogen and oxygen atoms in total. The second-order valence-corrected chi connectivity index (χ2v) is 13.6. The van der Waals surface area contributed by atoms with Gasteiger partial charge in [-0.3, -0.25) is 4.79 Å². The van der Waals surface area contributed by atoms with Crippen LogP contribution in [0.2, 0.25) is 0 Å². The molecule has 1 saturated heterocycles. The Hall–Kier alpha value is -3.86. The Kier molecular flexibility index (Phi) is 12.3. The number of aromatic nitrogens is 3. The molecule has 1 amide bonds. The van der Waals surface area contributed by atoms with E-state index in [0.717, 1.165) is 29.4 Å². The summed E-state index contributed by atoms with van der Waals surface area (Å²) in [7, 11) is 1.49. The van der Waals surface area contributed by atoms with Gasteiger partial charge in [0.25, 0.3) is 5.91 Å². The van der Waals surface area contributed by atoms with Crippen LogP contribution in [0.25, 0.3) is 16.8 Å². The van der Waals surface area contributed by atoms with Crippen molar-refractivity contribution in [1.82, 2.24) is 20.3 Å². The van der Waals surface area contributed by atoms with Gasteiger partial charge in [0.15, 0.2) is 6.29 Å². The Morgan fingerprint density at radius 1 is 1.17 bits per heavy atom. The summed E-state index contributed by atoms with van der Waals surface area (Å²) in [5, 5.41) is 43.8. The second kappa shape index (κ2) is 16.0. The van der Waals surface area contributed by atoms with Crippen LogP contribution in [-0.2, 0) is 32.0 Å². The van der Waals surface area contributed by atoms with E-state index in [4.69, 9.17) is 14.2 Å². The molecule has 1 aliphatic rings. The molecule has 1 fully saturated rings. The molecule has 1 aliphatic heterocycles. The van der Waals surface area contributed by atoms with Crippen molar-refractivity contribution < 1.29 is 29.2 Å². The molecular formula is C36H50N6O6. The Bertz CT molecular complexity index is 1610. The zero-order chi connectivity index (χ0) is 35.1. The van der Waals surface area contributed by atoms with E-state index in [1.165, 1.54) is 12.8 Å². The number of carbonyl (C=O) groups is 1. The molecule has 0 spiro atoms. The van der Waals surface area contributed by atoms with Gasteiger partial charge in [0.1, 0.15) is 23.9 Å². The van der Waals surface area contributed by atoms with Crippen LogP contribution in [0, 0.1) is 11.3 Å². The van der Waals surface area contributed by atoms with Crippen molar-refractivity contribution >= 4 is 28.4 Å². The van der Waals surface area contributed by atoms with Gasteiger partial charge in [-0.1, -0.05) is 23.4 Å². The van der Waals surface area contributed by atoms with Crippen LogP contribution in [0.15, 0.2) is 48.2 Å². The number of hydrogen-bond acceptors (Lipinski definition) is 10. The van der Waals surface area contributed by atoms with Crippen molar-refractivity contribution in [3.05, 3.63) is 59.4 Å². The molecule has 0 aliphatic carbocycles. The minimum atomic E-state index is -1.06. The summed E-state index contributed by atoms with van der Waals surface area (Å²) in [6, 6.07) is 14.3. The number of aliphatic hydroxyl groups excluding tert-OH is 2. The van der Waals surface area contributed by atoms with Crippen LogP contribution < -0.4 is 10.2 Å². The fourth-order valence-electron chi connectivity index (χ4n) is 5.86. The lowest BCUT2D eigenvalue weighted by Gasteiger charge is -2.36. The summed E-state index contributed by atoms with van der Waals surface area (Å²) in [4.78, 5) is 15.4. The molecule has 12 heteroatoms. The molecule has 3 aromatic rings. The fourth-order valence-corrected chi connectivity index (χ4v) is 5.86. The number of fused-ring (bicyclic) bond motifs is 1. The first-order chi connectivity index (χ1) is 22.8. The molecule has 4 atom stereocenters. The van der Waals surface area contributed by atoms with Crippen molar-refractivity contribution in [3.63, 3.8) is 0 Å². The van der Waals surface area contributed by atoms with Crippen LogP contribution in [0.1, 0.15) is 65.6 Å². The molecule has 260 valence electrons. The van der Waals surface area contributed by atoms with Crippen molar-refractivity contribution in [3.8, 4) is 6.07 Å². The number of nitriles is 1. The highest BCUT2D eigenvalue weighted by molar-refractivity contribution is 6.02. The van der Waals surface area contributed by atoms with E-state index < -0.39 is 41.6 Å². The Balaban J connectivity index is 1.29. The van der Waals surface area contributed by atoms with E-state index in [-0.39, 0.29) is 18.5 Å². The van der Waals surface area contributed by atoms with Crippen LogP contribution in [0.5, 0.6) is 0 Å². The quantitative estimate of drug-likeness (QED) is 0.161. The number of rotatable bonds is 15. The van der Waals surface area contributed by atoms with Crippen LogP contribution in [-0.4, -0.2) is 93.7 Å². The second-order valence-electron chi connectivity index (χ2n) is 13.6. The number of methoxy groups -OCH3 is 1. The molecule has 1 aromatic heterocycles. The fraction of sp³-hybridized carbons (Fsp3) is 0.556. The number of aliphatic hydroxyl groups is 2. The molecule has 2 aromatic carbocycles. The smallest absolute Gasteiger partial charge is 0.262 e. The number of ether oxygens (including phenoxy) is 3. The van der Waals surface area contributed by atoms with Gasteiger partial charge in [-0.05, 0) is 88.6 Å². The molecular weight excluding hydrogens is 612 g/mol. The van der Waals surface area contributed by atoms with Gasteiger partial charge in [-0.25, -0.2) is 4.68 Å². The number of hydrogen-bond donors (Lipinski definition) is 3. The van der Waals surface area contributed by atoms with E-state index in [0.29, 0.717) is 25.1 Å². The standard InChI is InChI=1S/C36H50N6O6/c1-8-41(9-2)29-13-12-25-16-24(10-11-26(25)18-29)17-27(21-37)34(45)38-35(3,4)14-15-47-36(5,6)20-28-22-42(40-39-28)23-31-33(44)30(43)19-32(46-7)48-31/h10-13,16-18,22,30-33,43-44H,8-9,14-15,19-20,23H2,1-7H3,(H,38,45)/b27-17+/t30?,31?,32-,33-/m0/s1. The first kappa shape index (κ1) is 37.0. The summed E-state index contributed by atoms with van der Waals surface area (Å²) in [6.07, 6.45) is 1.27. The lowest BCUT2D eigenvalue weighted by molar-refractivity contribution is -0.245. The average Bonchev–Trinajstić information content (AvgIpc) is 3.47. The topological polar surface area (TPSA) is 155 Å².